The molecule has 1 aliphatic carbocycles. The maximum atomic E-state index is 13.3. The van der Waals surface area contributed by atoms with Gasteiger partial charge in [0.2, 0.25) is 12.3 Å². The molecule has 0 aromatic heterocycles. The predicted molar refractivity (Wildman–Crippen MR) is 127 cm³/mol. The number of thioether (sulfide) groups is 1. The number of likely N-dealkylation sites (tertiary alicyclic amines) is 1. The van der Waals surface area contributed by atoms with Gasteiger partial charge in [0.25, 0.3) is 5.91 Å². The lowest BCUT2D eigenvalue weighted by Gasteiger charge is -2.21. The number of hydrogen-bond donors (Lipinski definition) is 1. The molecule has 0 saturated carbocycles. The molecule has 2 amide bonds. The highest BCUT2D eigenvalue weighted by Crippen LogP contribution is 2.32. The van der Waals surface area contributed by atoms with E-state index in [0.717, 1.165) is 37.3 Å². The second-order valence-corrected chi connectivity index (χ2v) is 9.28. The van der Waals surface area contributed by atoms with Gasteiger partial charge in [0, 0.05) is 19.2 Å². The first-order valence-corrected chi connectivity index (χ1v) is 12.0. The number of aryl methyl sites for hydroxylation is 1. The van der Waals surface area contributed by atoms with Crippen LogP contribution in [0, 0.1) is 0 Å². The van der Waals surface area contributed by atoms with Gasteiger partial charge < -0.3 is 10.2 Å². The molecule has 1 unspecified atom stereocenters. The van der Waals surface area contributed by atoms with Crippen LogP contribution in [-0.2, 0) is 16.0 Å². The number of nitrogens with one attached hydrogen (secondary N) is 1. The number of hydrogen-bond acceptors (Lipinski definition) is 4. The highest BCUT2D eigenvalue weighted by atomic mass is 32.2. The standard InChI is InChI=1S/C25H29N3O2S/c1-2-19-9-11-20(12-10-19)17-23-25(30)28(21-7-3-4-8-22(21)31-23)18-24(29)26-13-16-27-14-5-6-15-27/h3-4,7-12,17,22H,2,5-6,13-16,18H2,1H3/p+1/b23-17+. The second kappa shape index (κ2) is 10.2. The van der Waals surface area contributed by atoms with Crippen LogP contribution in [0.15, 0.2) is 53.5 Å². The molecule has 6 heteroatoms. The van der Waals surface area contributed by atoms with Crippen LogP contribution in [0.25, 0.3) is 6.08 Å². The predicted octanol–water partition coefficient (Wildman–Crippen LogP) is 3.02. The van der Waals surface area contributed by atoms with Crippen LogP contribution < -0.4 is 5.32 Å². The average molecular weight is 437 g/mol. The summed E-state index contributed by atoms with van der Waals surface area (Å²) in [4.78, 5) is 29.0. The van der Waals surface area contributed by atoms with E-state index in [1.165, 1.54) is 18.4 Å². The fourth-order valence-electron chi connectivity index (χ4n) is 4.11. The summed E-state index contributed by atoms with van der Waals surface area (Å²) in [5, 5.41) is 3.04. The van der Waals surface area contributed by atoms with E-state index in [1.54, 1.807) is 16.3 Å². The van der Waals surface area contributed by atoms with Crippen LogP contribution in [0.5, 0.6) is 0 Å². The molecule has 1 atom stereocenters. The first kappa shape index (κ1) is 21.8. The molecule has 1 aromatic rings. The van der Waals surface area contributed by atoms with Gasteiger partial charge in [0.05, 0.1) is 0 Å². The lowest BCUT2D eigenvalue weighted by molar-refractivity contribution is -0.434. The molecule has 1 fully saturated rings. The van der Waals surface area contributed by atoms with E-state index in [9.17, 15) is 9.59 Å². The van der Waals surface area contributed by atoms with Gasteiger partial charge in [0.15, 0.2) is 0 Å². The van der Waals surface area contributed by atoms with Gasteiger partial charge in [-0.3, -0.25) is 4.79 Å². The molecular formula is C25H30N3O2S+. The van der Waals surface area contributed by atoms with Gasteiger partial charge in [-0.05, 0) is 49.6 Å². The summed E-state index contributed by atoms with van der Waals surface area (Å²) in [6.45, 7) is 5.90. The molecule has 2 aliphatic heterocycles. The van der Waals surface area contributed by atoms with Crippen LogP contribution in [-0.4, -0.2) is 65.0 Å². The van der Waals surface area contributed by atoms with Crippen molar-refractivity contribution in [2.45, 2.75) is 31.4 Å². The summed E-state index contributed by atoms with van der Waals surface area (Å²) in [6, 6.07) is 8.28. The Bertz CT molecular complexity index is 953. The minimum atomic E-state index is -0.111. The number of fused-ring (bicyclic) bond motifs is 1. The summed E-state index contributed by atoms with van der Waals surface area (Å²) >= 11 is 1.55. The topological polar surface area (TPSA) is 52.4 Å². The molecule has 2 heterocycles. The number of rotatable bonds is 7. The van der Waals surface area contributed by atoms with E-state index in [4.69, 9.17) is 0 Å². The Labute approximate surface area is 188 Å². The molecule has 0 radical (unpaired) electrons. The molecule has 3 aliphatic rings. The summed E-state index contributed by atoms with van der Waals surface area (Å²) in [7, 11) is 0. The maximum absolute atomic E-state index is 13.3. The van der Waals surface area contributed by atoms with Crippen LogP contribution in [0.3, 0.4) is 0 Å². The number of benzene rings is 1. The Morgan fingerprint density at radius 3 is 2.74 bits per heavy atom. The van der Waals surface area contributed by atoms with Gasteiger partial charge >= 0.3 is 5.91 Å². The van der Waals surface area contributed by atoms with E-state index in [1.807, 2.05) is 36.4 Å². The van der Waals surface area contributed by atoms with Crippen molar-refractivity contribution in [2.75, 3.05) is 32.7 Å². The Balaban J connectivity index is 1.48. The molecule has 0 spiro atoms. The molecule has 4 rings (SSSR count). The third-order valence-electron chi connectivity index (χ3n) is 5.91. The summed E-state index contributed by atoms with van der Waals surface area (Å²) < 4.78 is 1.64. The number of nitrogens with zero attached hydrogens (tertiary/aromatic N) is 2. The summed E-state index contributed by atoms with van der Waals surface area (Å²) in [5.41, 5.74) is 3.15. The second-order valence-electron chi connectivity index (χ2n) is 8.10. The Morgan fingerprint density at radius 2 is 2.00 bits per heavy atom. The van der Waals surface area contributed by atoms with Gasteiger partial charge in [-0.15, -0.1) is 4.58 Å². The van der Waals surface area contributed by atoms with E-state index >= 15 is 0 Å². The van der Waals surface area contributed by atoms with Crippen LogP contribution in [0.2, 0.25) is 0 Å². The molecule has 162 valence electrons. The number of allylic oxidation sites excluding steroid dienone is 3. The zero-order valence-corrected chi connectivity index (χ0v) is 18.9. The van der Waals surface area contributed by atoms with Crippen LogP contribution >= 0.6 is 11.8 Å². The first-order chi connectivity index (χ1) is 15.1. The SMILES string of the molecule is CCc1ccc(/C=C2/SC3C=CC=CC3=[N+](CC(=O)NCCN3CCCC3)C2=O)cc1. The number of carbonyl (C=O) groups is 2. The zero-order chi connectivity index (χ0) is 21.6. The van der Waals surface area contributed by atoms with Crippen molar-refractivity contribution in [3.63, 3.8) is 0 Å². The van der Waals surface area contributed by atoms with Gasteiger partial charge in [-0.1, -0.05) is 61.2 Å². The van der Waals surface area contributed by atoms with Crippen molar-refractivity contribution in [1.82, 2.24) is 10.2 Å². The quantitative estimate of drug-likeness (QED) is 0.527. The van der Waals surface area contributed by atoms with Gasteiger partial charge in [-0.2, -0.15) is 0 Å². The Kier molecular flexibility index (Phi) is 7.20. The highest BCUT2D eigenvalue weighted by molar-refractivity contribution is 8.05. The smallest absolute Gasteiger partial charge is 0.349 e. The minimum absolute atomic E-state index is 0.0428. The Hall–Kier alpha value is -2.44. The maximum Gasteiger partial charge on any atom is 0.426 e. The third kappa shape index (κ3) is 5.43. The molecule has 1 saturated heterocycles. The summed E-state index contributed by atoms with van der Waals surface area (Å²) in [6.07, 6.45) is 13.4. The zero-order valence-electron chi connectivity index (χ0n) is 18.0. The van der Waals surface area contributed by atoms with Gasteiger partial charge in [-0.25, -0.2) is 4.79 Å². The highest BCUT2D eigenvalue weighted by Gasteiger charge is 2.39. The average Bonchev–Trinajstić information content (AvgIpc) is 3.30. The third-order valence-corrected chi connectivity index (χ3v) is 7.11. The van der Waals surface area contributed by atoms with E-state index in [-0.39, 0.29) is 23.6 Å². The van der Waals surface area contributed by atoms with E-state index in [2.05, 4.69) is 35.3 Å². The van der Waals surface area contributed by atoms with E-state index < -0.39 is 0 Å². The number of amides is 2. The fraction of sp³-hybridized carbons (Fsp3) is 0.400. The van der Waals surface area contributed by atoms with Crippen molar-refractivity contribution >= 4 is 35.4 Å². The van der Waals surface area contributed by atoms with Crippen molar-refractivity contribution < 1.29 is 14.2 Å². The first-order valence-electron chi connectivity index (χ1n) is 11.1. The van der Waals surface area contributed by atoms with E-state index in [0.29, 0.717) is 11.4 Å². The Morgan fingerprint density at radius 1 is 1.23 bits per heavy atom. The molecule has 5 nitrogen and oxygen atoms in total. The molecule has 1 N–H and O–H groups in total. The molecule has 1 aromatic carbocycles. The summed E-state index contributed by atoms with van der Waals surface area (Å²) in [5.74, 6) is -0.217. The minimum Gasteiger partial charge on any atom is -0.349 e. The molecule has 31 heavy (non-hydrogen) atoms. The van der Waals surface area contributed by atoms with Crippen molar-refractivity contribution in [3.05, 3.63) is 64.6 Å². The van der Waals surface area contributed by atoms with Crippen LogP contribution in [0.4, 0.5) is 0 Å². The largest absolute Gasteiger partial charge is 0.426 e. The van der Waals surface area contributed by atoms with Crippen molar-refractivity contribution in [2.24, 2.45) is 0 Å². The molecular weight excluding hydrogens is 406 g/mol. The number of carbonyl (C=O) groups excluding carboxylic acids is 2. The monoisotopic (exact) mass is 436 g/mol. The normalized spacial score (nSPS) is 22.3. The lowest BCUT2D eigenvalue weighted by Crippen LogP contribution is -2.44. The van der Waals surface area contributed by atoms with Gasteiger partial charge in [0.1, 0.15) is 10.2 Å². The van der Waals surface area contributed by atoms with Crippen molar-refractivity contribution in [1.29, 1.82) is 0 Å². The fourth-order valence-corrected chi connectivity index (χ4v) is 5.30. The molecule has 0 bridgehead atoms. The lowest BCUT2D eigenvalue weighted by atomic mass is 10.1. The van der Waals surface area contributed by atoms with Crippen LogP contribution in [0.1, 0.15) is 30.9 Å². The van der Waals surface area contributed by atoms with Crippen molar-refractivity contribution in [3.8, 4) is 0 Å².